The van der Waals surface area contributed by atoms with Crippen LogP contribution in [-0.4, -0.2) is 40.7 Å². The number of carbonyl (C=O) groups is 2. The number of hydrogen-bond acceptors (Lipinski definition) is 3. The molecule has 1 aliphatic heterocycles. The van der Waals surface area contributed by atoms with E-state index in [0.29, 0.717) is 5.75 Å². The number of hydrogen-bond donors (Lipinski definition) is 1. The summed E-state index contributed by atoms with van der Waals surface area (Å²) in [6.07, 6.45) is 2.18. The second-order valence-corrected chi connectivity index (χ2v) is 5.26. The van der Waals surface area contributed by atoms with Crippen LogP contribution in [0.15, 0.2) is 29.2 Å². The van der Waals surface area contributed by atoms with Crippen molar-refractivity contribution in [3.05, 3.63) is 29.8 Å². The van der Waals surface area contributed by atoms with Gasteiger partial charge in [-0.3, -0.25) is 4.79 Å². The molecular formula is C13H15NO3S. The van der Waals surface area contributed by atoms with Crippen molar-refractivity contribution in [1.29, 1.82) is 0 Å². The number of nitrogens with zero attached hydrogens (tertiary/aromatic N) is 1. The first-order chi connectivity index (χ1) is 8.66. The molecule has 1 fully saturated rings. The van der Waals surface area contributed by atoms with Crippen molar-refractivity contribution in [3.63, 3.8) is 0 Å². The lowest BCUT2D eigenvalue weighted by Crippen LogP contribution is -2.29. The van der Waals surface area contributed by atoms with E-state index in [1.165, 1.54) is 11.8 Å². The number of thioether (sulfide) groups is 1. The molecule has 1 aromatic carbocycles. The molecule has 0 bridgehead atoms. The van der Waals surface area contributed by atoms with Crippen molar-refractivity contribution in [1.82, 2.24) is 4.90 Å². The Balaban J connectivity index is 1.91. The van der Waals surface area contributed by atoms with Gasteiger partial charge in [-0.15, -0.1) is 11.8 Å². The number of carboxylic acid groups (broad SMARTS) is 1. The highest BCUT2D eigenvalue weighted by Crippen LogP contribution is 2.20. The molecule has 96 valence electrons. The zero-order chi connectivity index (χ0) is 13.0. The molecule has 1 amide bonds. The molecule has 0 aromatic heterocycles. The molecule has 1 N–H and O–H groups in total. The van der Waals surface area contributed by atoms with Gasteiger partial charge in [0.25, 0.3) is 0 Å². The monoisotopic (exact) mass is 265 g/mol. The number of carbonyl (C=O) groups excluding carboxylic acids is 1. The van der Waals surface area contributed by atoms with Crippen molar-refractivity contribution in [2.24, 2.45) is 0 Å². The summed E-state index contributed by atoms with van der Waals surface area (Å²) in [5.74, 6) is -0.426. The lowest BCUT2D eigenvalue weighted by molar-refractivity contribution is -0.127. The van der Waals surface area contributed by atoms with Crippen LogP contribution in [0.25, 0.3) is 0 Å². The molecule has 0 saturated carbocycles. The lowest BCUT2D eigenvalue weighted by atomic mass is 10.2. The Kier molecular flexibility index (Phi) is 4.25. The van der Waals surface area contributed by atoms with E-state index in [2.05, 4.69) is 0 Å². The third-order valence-corrected chi connectivity index (χ3v) is 3.88. The summed E-state index contributed by atoms with van der Waals surface area (Å²) >= 11 is 1.39. The Morgan fingerprint density at radius 2 is 2.00 bits per heavy atom. The zero-order valence-corrected chi connectivity index (χ0v) is 10.8. The van der Waals surface area contributed by atoms with E-state index in [4.69, 9.17) is 5.11 Å². The van der Waals surface area contributed by atoms with E-state index in [0.717, 1.165) is 30.8 Å². The van der Waals surface area contributed by atoms with E-state index in [9.17, 15) is 9.59 Å². The fourth-order valence-corrected chi connectivity index (χ4v) is 2.78. The number of benzene rings is 1. The van der Waals surface area contributed by atoms with Gasteiger partial charge >= 0.3 is 5.97 Å². The highest BCUT2D eigenvalue weighted by molar-refractivity contribution is 8.00. The first kappa shape index (κ1) is 13.0. The molecule has 5 heteroatoms. The van der Waals surface area contributed by atoms with Crippen LogP contribution in [0.5, 0.6) is 0 Å². The molecule has 1 aromatic rings. The molecule has 1 heterocycles. The van der Waals surface area contributed by atoms with Gasteiger partial charge in [-0.2, -0.15) is 0 Å². The average molecular weight is 265 g/mol. The zero-order valence-electron chi connectivity index (χ0n) is 9.96. The Labute approximate surface area is 110 Å². The number of carboxylic acids is 1. The SMILES string of the molecule is O=C(O)c1cccc(SCC(=O)N2CCCC2)c1. The molecule has 1 aliphatic rings. The highest BCUT2D eigenvalue weighted by Gasteiger charge is 2.17. The highest BCUT2D eigenvalue weighted by atomic mass is 32.2. The third-order valence-electron chi connectivity index (χ3n) is 2.90. The van der Waals surface area contributed by atoms with Crippen LogP contribution in [-0.2, 0) is 4.79 Å². The molecule has 0 spiro atoms. The molecule has 0 unspecified atom stereocenters. The molecule has 0 aliphatic carbocycles. The van der Waals surface area contributed by atoms with Crippen LogP contribution in [0.2, 0.25) is 0 Å². The molecule has 2 rings (SSSR count). The predicted molar refractivity (Wildman–Crippen MR) is 69.9 cm³/mol. The van der Waals surface area contributed by atoms with Gasteiger partial charge < -0.3 is 10.0 Å². The Morgan fingerprint density at radius 3 is 2.67 bits per heavy atom. The van der Waals surface area contributed by atoms with Crippen LogP contribution in [0.1, 0.15) is 23.2 Å². The first-order valence-corrected chi connectivity index (χ1v) is 6.89. The van der Waals surface area contributed by atoms with Crippen molar-refractivity contribution in [2.75, 3.05) is 18.8 Å². The second-order valence-electron chi connectivity index (χ2n) is 4.21. The fourth-order valence-electron chi connectivity index (χ4n) is 1.92. The van der Waals surface area contributed by atoms with Gasteiger partial charge in [0.2, 0.25) is 5.91 Å². The molecule has 0 atom stereocenters. The van der Waals surface area contributed by atoms with E-state index in [1.54, 1.807) is 18.2 Å². The Morgan fingerprint density at radius 1 is 1.28 bits per heavy atom. The number of aromatic carboxylic acids is 1. The summed E-state index contributed by atoms with van der Waals surface area (Å²) in [7, 11) is 0. The van der Waals surface area contributed by atoms with Crippen molar-refractivity contribution < 1.29 is 14.7 Å². The maximum atomic E-state index is 11.8. The van der Waals surface area contributed by atoms with Crippen LogP contribution < -0.4 is 0 Å². The molecule has 18 heavy (non-hydrogen) atoms. The Bertz CT molecular complexity index is 455. The third kappa shape index (κ3) is 3.26. The van der Waals surface area contributed by atoms with Crippen molar-refractivity contribution in [3.8, 4) is 0 Å². The summed E-state index contributed by atoms with van der Waals surface area (Å²) in [5.41, 5.74) is 0.258. The van der Waals surface area contributed by atoms with Gasteiger partial charge in [-0.25, -0.2) is 4.79 Å². The van der Waals surface area contributed by atoms with Gasteiger partial charge in [0, 0.05) is 18.0 Å². The van der Waals surface area contributed by atoms with Crippen LogP contribution in [0, 0.1) is 0 Å². The smallest absolute Gasteiger partial charge is 0.335 e. The van der Waals surface area contributed by atoms with Gasteiger partial charge in [-0.05, 0) is 31.0 Å². The number of amides is 1. The topological polar surface area (TPSA) is 57.6 Å². The van der Waals surface area contributed by atoms with Gasteiger partial charge in [0.05, 0.1) is 11.3 Å². The Hall–Kier alpha value is -1.49. The van der Waals surface area contributed by atoms with Crippen molar-refractivity contribution >= 4 is 23.6 Å². The molecular weight excluding hydrogens is 250 g/mol. The van der Waals surface area contributed by atoms with Gasteiger partial charge in [-0.1, -0.05) is 6.07 Å². The number of rotatable bonds is 4. The maximum Gasteiger partial charge on any atom is 0.335 e. The van der Waals surface area contributed by atoms with E-state index in [-0.39, 0.29) is 11.5 Å². The normalized spacial score (nSPS) is 14.8. The predicted octanol–water partition coefficient (Wildman–Crippen LogP) is 2.10. The van der Waals surface area contributed by atoms with Crippen LogP contribution >= 0.6 is 11.8 Å². The summed E-state index contributed by atoms with van der Waals surface area (Å²) in [5, 5.41) is 8.87. The minimum Gasteiger partial charge on any atom is -0.478 e. The standard InChI is InChI=1S/C13H15NO3S/c15-12(14-6-1-2-7-14)9-18-11-5-3-4-10(8-11)13(16)17/h3-5,8H,1-2,6-7,9H2,(H,16,17). The van der Waals surface area contributed by atoms with E-state index >= 15 is 0 Å². The fraction of sp³-hybridized carbons (Fsp3) is 0.385. The lowest BCUT2D eigenvalue weighted by Gasteiger charge is -2.14. The molecule has 0 radical (unpaired) electrons. The summed E-state index contributed by atoms with van der Waals surface area (Å²) in [6, 6.07) is 6.68. The van der Waals surface area contributed by atoms with Crippen LogP contribution in [0.3, 0.4) is 0 Å². The first-order valence-electron chi connectivity index (χ1n) is 5.91. The van der Waals surface area contributed by atoms with Crippen molar-refractivity contribution in [2.45, 2.75) is 17.7 Å². The van der Waals surface area contributed by atoms with E-state index < -0.39 is 5.97 Å². The minimum absolute atomic E-state index is 0.137. The summed E-state index contributed by atoms with van der Waals surface area (Å²) < 4.78 is 0. The molecule has 4 nitrogen and oxygen atoms in total. The maximum absolute atomic E-state index is 11.8. The largest absolute Gasteiger partial charge is 0.478 e. The van der Waals surface area contributed by atoms with Gasteiger partial charge in [0.1, 0.15) is 0 Å². The second kappa shape index (κ2) is 5.91. The van der Waals surface area contributed by atoms with Gasteiger partial charge in [0.15, 0.2) is 0 Å². The van der Waals surface area contributed by atoms with E-state index in [1.807, 2.05) is 11.0 Å². The number of likely N-dealkylation sites (tertiary alicyclic amines) is 1. The minimum atomic E-state index is -0.941. The quantitative estimate of drug-likeness (QED) is 0.847. The summed E-state index contributed by atoms with van der Waals surface area (Å²) in [6.45, 7) is 1.71. The van der Waals surface area contributed by atoms with Crippen LogP contribution in [0.4, 0.5) is 0 Å². The summed E-state index contributed by atoms with van der Waals surface area (Å²) in [4.78, 5) is 25.3. The molecule has 1 saturated heterocycles. The average Bonchev–Trinajstić information content (AvgIpc) is 2.90.